The highest BCUT2D eigenvalue weighted by Gasteiger charge is 2.18. The van der Waals surface area contributed by atoms with Crippen molar-refractivity contribution in [3.8, 4) is 0 Å². The van der Waals surface area contributed by atoms with Crippen LogP contribution in [-0.2, 0) is 27.3 Å². The van der Waals surface area contributed by atoms with E-state index in [9.17, 15) is 9.18 Å². The number of rotatable bonds is 5. The van der Waals surface area contributed by atoms with Gasteiger partial charge in [0.2, 0.25) is 5.91 Å². The first-order chi connectivity index (χ1) is 10.3. The Morgan fingerprint density at radius 3 is 2.82 bits per heavy atom. The van der Waals surface area contributed by atoms with E-state index in [-0.39, 0.29) is 29.8 Å². The van der Waals surface area contributed by atoms with Gasteiger partial charge in [0, 0.05) is 12.1 Å². The van der Waals surface area contributed by atoms with E-state index in [1.807, 2.05) is 20.8 Å². The van der Waals surface area contributed by atoms with Crippen LogP contribution >= 0.6 is 0 Å². The first-order valence-corrected chi connectivity index (χ1v) is 7.61. The molecule has 0 radical (unpaired) electrons. The summed E-state index contributed by atoms with van der Waals surface area (Å²) in [6, 6.07) is 4.49. The molecule has 1 fully saturated rings. The summed E-state index contributed by atoms with van der Waals surface area (Å²) in [6.07, 6.45) is 1.11. The van der Waals surface area contributed by atoms with Crippen LogP contribution in [0.3, 0.4) is 0 Å². The molecule has 22 heavy (non-hydrogen) atoms. The Bertz CT molecular complexity index is 519. The molecule has 1 aromatic carbocycles. The van der Waals surface area contributed by atoms with Crippen LogP contribution < -0.4 is 5.32 Å². The molecule has 0 spiro atoms. The Morgan fingerprint density at radius 1 is 1.41 bits per heavy atom. The first-order valence-electron chi connectivity index (χ1n) is 7.61. The number of halogens is 1. The van der Waals surface area contributed by atoms with Gasteiger partial charge < -0.3 is 14.8 Å². The van der Waals surface area contributed by atoms with E-state index in [2.05, 4.69) is 5.32 Å². The van der Waals surface area contributed by atoms with Gasteiger partial charge in [-0.05, 0) is 50.5 Å². The third-order valence-corrected chi connectivity index (χ3v) is 3.40. The highest BCUT2D eigenvalue weighted by molar-refractivity contribution is 5.79. The predicted molar refractivity (Wildman–Crippen MR) is 82.0 cm³/mol. The second-order valence-corrected chi connectivity index (χ2v) is 6.68. The third kappa shape index (κ3) is 5.39. The summed E-state index contributed by atoms with van der Waals surface area (Å²) in [6.45, 7) is 7.43. The Balaban J connectivity index is 2.01. The van der Waals surface area contributed by atoms with E-state index in [1.165, 1.54) is 12.1 Å². The fraction of sp³-hybridized carbons (Fsp3) is 0.588. The van der Waals surface area contributed by atoms with Crippen molar-refractivity contribution in [1.82, 2.24) is 5.32 Å². The van der Waals surface area contributed by atoms with Crippen LogP contribution in [0.25, 0.3) is 0 Å². The van der Waals surface area contributed by atoms with E-state index < -0.39 is 0 Å². The summed E-state index contributed by atoms with van der Waals surface area (Å²) in [5.74, 6) is -0.463. The maximum atomic E-state index is 13.5. The molecule has 0 bridgehead atoms. The fourth-order valence-electron chi connectivity index (χ4n) is 2.39. The zero-order valence-electron chi connectivity index (χ0n) is 13.4. The van der Waals surface area contributed by atoms with Crippen molar-refractivity contribution in [2.24, 2.45) is 0 Å². The molecule has 1 N–H and O–H groups in total. The number of carbonyl (C=O) groups is 1. The quantitative estimate of drug-likeness (QED) is 0.909. The van der Waals surface area contributed by atoms with Crippen LogP contribution in [0.4, 0.5) is 4.39 Å². The van der Waals surface area contributed by atoms with E-state index in [1.54, 1.807) is 6.07 Å². The van der Waals surface area contributed by atoms with Gasteiger partial charge in [0.25, 0.3) is 0 Å². The molecule has 1 aliphatic heterocycles. The Morgan fingerprint density at radius 2 is 2.18 bits per heavy atom. The van der Waals surface area contributed by atoms with Gasteiger partial charge in [-0.3, -0.25) is 4.79 Å². The summed E-state index contributed by atoms with van der Waals surface area (Å²) in [5, 5.41) is 2.89. The summed E-state index contributed by atoms with van der Waals surface area (Å²) < 4.78 is 24.5. The van der Waals surface area contributed by atoms with Gasteiger partial charge in [0.15, 0.2) is 0 Å². The van der Waals surface area contributed by atoms with E-state index in [0.717, 1.165) is 18.6 Å². The molecule has 1 amide bonds. The number of hydrogen-bond donors (Lipinski definition) is 1. The van der Waals surface area contributed by atoms with Crippen LogP contribution in [0.1, 0.15) is 38.3 Å². The average Bonchev–Trinajstić information content (AvgIpc) is 2.88. The zero-order chi connectivity index (χ0) is 16.2. The second-order valence-electron chi connectivity index (χ2n) is 6.68. The summed E-state index contributed by atoms with van der Waals surface area (Å²) in [4.78, 5) is 12.1. The molecule has 0 aliphatic carbocycles. The van der Waals surface area contributed by atoms with Gasteiger partial charge in [-0.1, -0.05) is 6.07 Å². The maximum Gasteiger partial charge on any atom is 0.224 e. The van der Waals surface area contributed by atoms with Crippen LogP contribution in [-0.4, -0.2) is 30.8 Å². The van der Waals surface area contributed by atoms with Crippen LogP contribution in [0.2, 0.25) is 0 Å². The molecule has 1 heterocycles. The molecule has 0 aromatic heterocycles. The van der Waals surface area contributed by atoms with Gasteiger partial charge in [-0.15, -0.1) is 0 Å². The van der Waals surface area contributed by atoms with Gasteiger partial charge in [0.1, 0.15) is 5.82 Å². The second kappa shape index (κ2) is 7.20. The lowest BCUT2D eigenvalue weighted by Gasteiger charge is -2.21. The largest absolute Gasteiger partial charge is 0.379 e. The van der Waals surface area contributed by atoms with Crippen molar-refractivity contribution >= 4 is 5.91 Å². The molecule has 1 saturated heterocycles. The number of nitrogens with one attached hydrogen (secondary N) is 1. The third-order valence-electron chi connectivity index (χ3n) is 3.40. The molecule has 5 heteroatoms. The van der Waals surface area contributed by atoms with Crippen molar-refractivity contribution < 1.29 is 18.7 Å². The van der Waals surface area contributed by atoms with Crippen molar-refractivity contribution in [2.45, 2.75) is 51.9 Å². The van der Waals surface area contributed by atoms with Crippen LogP contribution in [0, 0.1) is 5.82 Å². The average molecular weight is 309 g/mol. The van der Waals surface area contributed by atoms with Gasteiger partial charge >= 0.3 is 0 Å². The number of benzene rings is 1. The SMILES string of the molecule is CC(C)(C)NC(=O)Cc1cc(F)ccc1CO[C@H]1CCOC1. The monoisotopic (exact) mass is 309 g/mol. The van der Waals surface area contributed by atoms with Crippen molar-refractivity contribution in [3.05, 3.63) is 35.1 Å². The van der Waals surface area contributed by atoms with Gasteiger partial charge in [0.05, 0.1) is 25.7 Å². The Kier molecular flexibility index (Phi) is 5.53. The van der Waals surface area contributed by atoms with Crippen molar-refractivity contribution in [2.75, 3.05) is 13.2 Å². The minimum absolute atomic E-state index is 0.0845. The van der Waals surface area contributed by atoms with Crippen LogP contribution in [0.15, 0.2) is 18.2 Å². The predicted octanol–water partition coefficient (Wildman–Crippen LogP) is 2.59. The summed E-state index contributed by atoms with van der Waals surface area (Å²) >= 11 is 0. The van der Waals surface area contributed by atoms with E-state index in [0.29, 0.717) is 18.8 Å². The van der Waals surface area contributed by atoms with Gasteiger partial charge in [-0.25, -0.2) is 4.39 Å². The Hall–Kier alpha value is -1.46. The lowest BCUT2D eigenvalue weighted by atomic mass is 10.0. The lowest BCUT2D eigenvalue weighted by molar-refractivity contribution is -0.121. The Labute approximate surface area is 131 Å². The number of carbonyl (C=O) groups excluding carboxylic acids is 1. The number of amides is 1. The molecular formula is C17H24FNO3. The minimum atomic E-state index is -0.341. The molecule has 0 unspecified atom stereocenters. The summed E-state index contributed by atoms with van der Waals surface area (Å²) in [7, 11) is 0. The van der Waals surface area contributed by atoms with E-state index in [4.69, 9.17) is 9.47 Å². The highest BCUT2D eigenvalue weighted by Crippen LogP contribution is 2.17. The molecule has 1 atom stereocenters. The highest BCUT2D eigenvalue weighted by atomic mass is 19.1. The maximum absolute atomic E-state index is 13.5. The van der Waals surface area contributed by atoms with Crippen molar-refractivity contribution in [1.29, 1.82) is 0 Å². The van der Waals surface area contributed by atoms with Gasteiger partial charge in [-0.2, -0.15) is 0 Å². The molecule has 1 aromatic rings. The molecule has 0 saturated carbocycles. The minimum Gasteiger partial charge on any atom is -0.379 e. The summed E-state index contributed by atoms with van der Waals surface area (Å²) in [5.41, 5.74) is 1.21. The molecular weight excluding hydrogens is 285 g/mol. The van der Waals surface area contributed by atoms with Crippen LogP contribution in [0.5, 0.6) is 0 Å². The zero-order valence-corrected chi connectivity index (χ0v) is 13.4. The smallest absolute Gasteiger partial charge is 0.224 e. The first kappa shape index (κ1) is 16.9. The number of ether oxygens (including phenoxy) is 2. The fourth-order valence-corrected chi connectivity index (χ4v) is 2.39. The molecule has 2 rings (SSSR count). The molecule has 4 nitrogen and oxygen atoms in total. The van der Waals surface area contributed by atoms with Crippen molar-refractivity contribution in [3.63, 3.8) is 0 Å². The lowest BCUT2D eigenvalue weighted by Crippen LogP contribution is -2.41. The number of hydrogen-bond acceptors (Lipinski definition) is 3. The normalized spacial score (nSPS) is 18.5. The standard InChI is InChI=1S/C17H24FNO3/c1-17(2,3)19-16(20)9-13-8-14(18)5-4-12(13)10-22-15-6-7-21-11-15/h4-5,8,15H,6-7,9-11H2,1-3H3,(H,19,20)/t15-/m0/s1. The van der Waals surface area contributed by atoms with E-state index >= 15 is 0 Å². The molecule has 122 valence electrons. The topological polar surface area (TPSA) is 47.6 Å². The molecule has 1 aliphatic rings.